The SMILES string of the molecule is Cl.O=C(CNCC1CCCO1)NCCc1cccs1. The molecule has 0 bridgehead atoms. The molecule has 1 aliphatic rings. The summed E-state index contributed by atoms with van der Waals surface area (Å²) >= 11 is 1.73. The Balaban J connectivity index is 0.00000180. The van der Waals surface area contributed by atoms with Crippen molar-refractivity contribution in [2.24, 2.45) is 0 Å². The average Bonchev–Trinajstić information content (AvgIpc) is 3.01. The van der Waals surface area contributed by atoms with E-state index in [0.29, 0.717) is 19.2 Å². The molecular formula is C13H21ClN2O2S. The van der Waals surface area contributed by atoms with Gasteiger partial charge in [-0.05, 0) is 30.7 Å². The van der Waals surface area contributed by atoms with Crippen molar-refractivity contribution in [2.45, 2.75) is 25.4 Å². The van der Waals surface area contributed by atoms with Crippen molar-refractivity contribution in [3.63, 3.8) is 0 Å². The average molecular weight is 305 g/mol. The smallest absolute Gasteiger partial charge is 0.233 e. The van der Waals surface area contributed by atoms with E-state index in [1.165, 1.54) is 4.88 Å². The molecule has 1 unspecified atom stereocenters. The van der Waals surface area contributed by atoms with Gasteiger partial charge in [0.15, 0.2) is 0 Å². The molecule has 1 saturated heterocycles. The molecule has 1 aliphatic heterocycles. The predicted octanol–water partition coefficient (Wildman–Crippen LogP) is 1.60. The maximum Gasteiger partial charge on any atom is 0.233 e. The van der Waals surface area contributed by atoms with E-state index in [9.17, 15) is 4.79 Å². The van der Waals surface area contributed by atoms with Crippen molar-refractivity contribution in [3.8, 4) is 0 Å². The summed E-state index contributed by atoms with van der Waals surface area (Å²) in [5.74, 6) is 0.0598. The Morgan fingerprint density at radius 3 is 3.11 bits per heavy atom. The molecule has 0 aromatic carbocycles. The number of amides is 1. The molecule has 2 heterocycles. The number of halogens is 1. The number of hydrogen-bond acceptors (Lipinski definition) is 4. The number of hydrogen-bond donors (Lipinski definition) is 2. The zero-order valence-electron chi connectivity index (χ0n) is 10.9. The quantitative estimate of drug-likeness (QED) is 0.804. The number of carbonyl (C=O) groups is 1. The number of nitrogens with one attached hydrogen (secondary N) is 2. The first-order chi connectivity index (χ1) is 8.84. The number of carbonyl (C=O) groups excluding carboxylic acids is 1. The highest BCUT2D eigenvalue weighted by molar-refractivity contribution is 7.09. The third-order valence-corrected chi connectivity index (χ3v) is 3.89. The maximum atomic E-state index is 11.5. The summed E-state index contributed by atoms with van der Waals surface area (Å²) in [5, 5.41) is 8.10. The van der Waals surface area contributed by atoms with Crippen LogP contribution in [0.4, 0.5) is 0 Å². The lowest BCUT2D eigenvalue weighted by molar-refractivity contribution is -0.120. The van der Waals surface area contributed by atoms with Gasteiger partial charge in [0.05, 0.1) is 12.6 Å². The molecule has 2 rings (SSSR count). The summed E-state index contributed by atoms with van der Waals surface area (Å²) in [7, 11) is 0. The number of rotatable bonds is 7. The molecule has 1 aromatic heterocycles. The summed E-state index contributed by atoms with van der Waals surface area (Å²) in [6.45, 7) is 2.73. The summed E-state index contributed by atoms with van der Waals surface area (Å²) in [5.41, 5.74) is 0. The maximum absolute atomic E-state index is 11.5. The fourth-order valence-corrected chi connectivity index (χ4v) is 2.70. The van der Waals surface area contributed by atoms with Gasteiger partial charge in [-0.15, -0.1) is 23.7 Å². The van der Waals surface area contributed by atoms with Crippen molar-refractivity contribution in [1.29, 1.82) is 0 Å². The zero-order valence-corrected chi connectivity index (χ0v) is 12.5. The summed E-state index contributed by atoms with van der Waals surface area (Å²) < 4.78 is 5.47. The number of ether oxygens (including phenoxy) is 1. The van der Waals surface area contributed by atoms with Gasteiger partial charge < -0.3 is 15.4 Å². The molecular weight excluding hydrogens is 284 g/mol. The highest BCUT2D eigenvalue weighted by Crippen LogP contribution is 2.10. The van der Waals surface area contributed by atoms with Crippen LogP contribution >= 0.6 is 23.7 Å². The van der Waals surface area contributed by atoms with E-state index in [1.54, 1.807) is 11.3 Å². The summed E-state index contributed by atoms with van der Waals surface area (Å²) in [4.78, 5) is 12.8. The van der Waals surface area contributed by atoms with Crippen molar-refractivity contribution < 1.29 is 9.53 Å². The standard InChI is InChI=1S/C13H20N2O2S.ClH/c16-13(10-14-9-11-3-1-7-17-11)15-6-5-12-4-2-8-18-12;/h2,4,8,11,14H,1,3,5-7,9-10H2,(H,15,16);1H. The van der Waals surface area contributed by atoms with Crippen molar-refractivity contribution >= 4 is 29.7 Å². The lowest BCUT2D eigenvalue weighted by Crippen LogP contribution is -2.37. The largest absolute Gasteiger partial charge is 0.377 e. The summed E-state index contributed by atoms with van der Waals surface area (Å²) in [6.07, 6.45) is 3.45. The van der Waals surface area contributed by atoms with Crippen LogP contribution in [-0.4, -0.2) is 38.3 Å². The van der Waals surface area contributed by atoms with Gasteiger partial charge in [-0.3, -0.25) is 4.79 Å². The van der Waals surface area contributed by atoms with Gasteiger partial charge >= 0.3 is 0 Å². The molecule has 0 saturated carbocycles. The molecule has 1 atom stereocenters. The Morgan fingerprint density at radius 1 is 1.53 bits per heavy atom. The minimum absolute atomic E-state index is 0. The van der Waals surface area contributed by atoms with Gasteiger partial charge in [-0.1, -0.05) is 6.07 Å². The summed E-state index contributed by atoms with van der Waals surface area (Å²) in [6, 6.07) is 4.12. The van der Waals surface area contributed by atoms with Gasteiger partial charge in [0.1, 0.15) is 0 Å². The molecule has 4 nitrogen and oxygen atoms in total. The Morgan fingerprint density at radius 2 is 2.42 bits per heavy atom. The first kappa shape index (κ1) is 16.4. The minimum Gasteiger partial charge on any atom is -0.377 e. The zero-order chi connectivity index (χ0) is 12.6. The molecule has 0 spiro atoms. The van der Waals surface area contributed by atoms with Crippen LogP contribution in [0.15, 0.2) is 17.5 Å². The monoisotopic (exact) mass is 304 g/mol. The van der Waals surface area contributed by atoms with E-state index >= 15 is 0 Å². The second kappa shape index (κ2) is 9.31. The third-order valence-electron chi connectivity index (χ3n) is 2.96. The van der Waals surface area contributed by atoms with Gasteiger partial charge in [0.25, 0.3) is 0 Å². The van der Waals surface area contributed by atoms with E-state index in [-0.39, 0.29) is 18.3 Å². The van der Waals surface area contributed by atoms with Crippen LogP contribution in [0.5, 0.6) is 0 Å². The second-order valence-corrected chi connectivity index (χ2v) is 5.48. The van der Waals surface area contributed by atoms with Crippen molar-refractivity contribution in [1.82, 2.24) is 10.6 Å². The molecule has 1 amide bonds. The van der Waals surface area contributed by atoms with Crippen LogP contribution in [0.1, 0.15) is 17.7 Å². The highest BCUT2D eigenvalue weighted by Gasteiger charge is 2.14. The van der Waals surface area contributed by atoms with E-state index in [4.69, 9.17) is 4.74 Å². The Hall–Kier alpha value is -0.620. The van der Waals surface area contributed by atoms with Crippen LogP contribution in [0.25, 0.3) is 0 Å². The molecule has 108 valence electrons. The van der Waals surface area contributed by atoms with Crippen LogP contribution in [0.3, 0.4) is 0 Å². The first-order valence-corrected chi connectivity index (χ1v) is 7.34. The van der Waals surface area contributed by atoms with Gasteiger partial charge in [0.2, 0.25) is 5.91 Å². The molecule has 19 heavy (non-hydrogen) atoms. The highest BCUT2D eigenvalue weighted by atomic mass is 35.5. The van der Waals surface area contributed by atoms with Gasteiger partial charge in [-0.2, -0.15) is 0 Å². The molecule has 0 radical (unpaired) electrons. The van der Waals surface area contributed by atoms with Gasteiger partial charge in [-0.25, -0.2) is 0 Å². The molecule has 6 heteroatoms. The van der Waals surface area contributed by atoms with Gasteiger partial charge in [0, 0.05) is 24.6 Å². The van der Waals surface area contributed by atoms with Crippen LogP contribution in [0.2, 0.25) is 0 Å². The first-order valence-electron chi connectivity index (χ1n) is 6.46. The van der Waals surface area contributed by atoms with Crippen molar-refractivity contribution in [3.05, 3.63) is 22.4 Å². The normalized spacial score (nSPS) is 18.0. The Labute approximate surface area is 124 Å². The Bertz CT molecular complexity index is 354. The fourth-order valence-electron chi connectivity index (χ4n) is 1.99. The van der Waals surface area contributed by atoms with E-state index in [2.05, 4.69) is 22.1 Å². The molecule has 1 aromatic rings. The van der Waals surface area contributed by atoms with Crippen molar-refractivity contribution in [2.75, 3.05) is 26.2 Å². The molecule has 2 N–H and O–H groups in total. The van der Waals surface area contributed by atoms with E-state index in [1.807, 2.05) is 6.07 Å². The Kier molecular flexibility index (Phi) is 8.05. The fraction of sp³-hybridized carbons (Fsp3) is 0.615. The topological polar surface area (TPSA) is 50.4 Å². The minimum atomic E-state index is 0. The lowest BCUT2D eigenvalue weighted by Gasteiger charge is -2.10. The van der Waals surface area contributed by atoms with E-state index in [0.717, 1.165) is 32.4 Å². The molecule has 0 aliphatic carbocycles. The lowest BCUT2D eigenvalue weighted by atomic mass is 10.2. The third kappa shape index (κ3) is 6.38. The van der Waals surface area contributed by atoms with Crippen LogP contribution in [0, 0.1) is 0 Å². The van der Waals surface area contributed by atoms with E-state index < -0.39 is 0 Å². The number of thiophene rings is 1. The molecule has 1 fully saturated rings. The predicted molar refractivity (Wildman–Crippen MR) is 80.1 cm³/mol. The van der Waals surface area contributed by atoms with Crippen LogP contribution in [-0.2, 0) is 16.0 Å². The van der Waals surface area contributed by atoms with Crippen LogP contribution < -0.4 is 10.6 Å². The second-order valence-electron chi connectivity index (χ2n) is 4.45.